The number of hydrogen-bond acceptors (Lipinski definition) is 4. The van der Waals surface area contributed by atoms with E-state index in [-0.39, 0.29) is 42.8 Å². The second kappa shape index (κ2) is 16.0. The van der Waals surface area contributed by atoms with Crippen LogP contribution >= 0.6 is 0 Å². The Morgan fingerprint density at radius 1 is 1.47 bits per heavy atom. The molecule has 5 heteroatoms. The molecule has 0 spiro atoms. The summed E-state index contributed by atoms with van der Waals surface area (Å²) in [4.78, 5) is 19.7. The summed E-state index contributed by atoms with van der Waals surface area (Å²) in [5, 5.41) is 8.10. The van der Waals surface area contributed by atoms with E-state index in [9.17, 15) is 9.59 Å². The van der Waals surface area contributed by atoms with Gasteiger partial charge in [0.15, 0.2) is 0 Å². The standard InChI is InChI=1S/C5H8O3.C5H8O.Na.H/c1-2-5(7)8-4-3-6;1-5(2)3-4-6;;/h2,6H,1,3-4H2;3-4H,1-2H3;;. The molecule has 0 saturated carbocycles. The molecule has 0 saturated heterocycles. The first-order valence-electron chi connectivity index (χ1n) is 4.07. The van der Waals surface area contributed by atoms with Gasteiger partial charge in [-0.25, -0.2) is 4.79 Å². The molecule has 0 atom stereocenters. The molecule has 0 aromatic carbocycles. The van der Waals surface area contributed by atoms with E-state index in [2.05, 4.69) is 11.3 Å². The number of hydrogen-bond donors (Lipinski definition) is 1. The molecule has 4 nitrogen and oxygen atoms in total. The van der Waals surface area contributed by atoms with Gasteiger partial charge in [0.1, 0.15) is 12.9 Å². The molecule has 0 aliphatic heterocycles. The third-order valence-electron chi connectivity index (χ3n) is 0.904. The van der Waals surface area contributed by atoms with Gasteiger partial charge in [-0.3, -0.25) is 4.79 Å². The zero-order chi connectivity index (χ0) is 11.4. The number of carbonyl (C=O) groups excluding carboxylic acids is 2. The SMILES string of the molecule is C=CC(=O)OCCO.CC(C)=CC=O.[NaH]. The summed E-state index contributed by atoms with van der Waals surface area (Å²) in [6, 6.07) is 0. The quantitative estimate of drug-likeness (QED) is 0.321. The van der Waals surface area contributed by atoms with Crippen LogP contribution in [-0.2, 0) is 14.3 Å². The summed E-state index contributed by atoms with van der Waals surface area (Å²) < 4.78 is 4.33. The van der Waals surface area contributed by atoms with Crippen LogP contribution in [0.15, 0.2) is 24.3 Å². The van der Waals surface area contributed by atoms with Gasteiger partial charge in [-0.2, -0.15) is 0 Å². The summed E-state index contributed by atoms with van der Waals surface area (Å²) in [7, 11) is 0. The van der Waals surface area contributed by atoms with Crippen molar-refractivity contribution in [3.63, 3.8) is 0 Å². The Hall–Kier alpha value is -0.420. The fourth-order valence-corrected chi connectivity index (χ4v) is 0.341. The van der Waals surface area contributed by atoms with Crippen molar-refractivity contribution in [1.29, 1.82) is 0 Å². The van der Waals surface area contributed by atoms with Gasteiger partial charge in [0.05, 0.1) is 6.61 Å². The van der Waals surface area contributed by atoms with Gasteiger partial charge in [0.2, 0.25) is 0 Å². The van der Waals surface area contributed by atoms with Crippen LogP contribution in [0.3, 0.4) is 0 Å². The molecule has 0 radical (unpaired) electrons. The van der Waals surface area contributed by atoms with Crippen LogP contribution in [0.1, 0.15) is 13.8 Å². The summed E-state index contributed by atoms with van der Waals surface area (Å²) in [5.74, 6) is -0.501. The van der Waals surface area contributed by atoms with Gasteiger partial charge in [-0.05, 0) is 19.9 Å². The fraction of sp³-hybridized carbons (Fsp3) is 0.400. The van der Waals surface area contributed by atoms with Crippen LogP contribution in [0.25, 0.3) is 0 Å². The van der Waals surface area contributed by atoms with Crippen LogP contribution in [0.4, 0.5) is 0 Å². The molecular formula is C10H17NaO4. The van der Waals surface area contributed by atoms with Crippen LogP contribution in [-0.4, -0.2) is 60.1 Å². The third kappa shape index (κ3) is 24.7. The summed E-state index contributed by atoms with van der Waals surface area (Å²) >= 11 is 0. The molecule has 0 aromatic rings. The van der Waals surface area contributed by atoms with Crippen LogP contribution in [0, 0.1) is 0 Å². The molecule has 0 aromatic heterocycles. The normalized spacial score (nSPS) is 7.13. The van der Waals surface area contributed by atoms with Crippen molar-refractivity contribution in [2.75, 3.05) is 13.2 Å². The van der Waals surface area contributed by atoms with Gasteiger partial charge in [-0.15, -0.1) is 0 Å². The predicted octanol–water partition coefficient (Wildman–Crippen LogP) is 0.211. The fourth-order valence-electron chi connectivity index (χ4n) is 0.341. The number of aliphatic hydroxyl groups excluding tert-OH is 1. The topological polar surface area (TPSA) is 63.6 Å². The second-order valence-corrected chi connectivity index (χ2v) is 2.48. The monoisotopic (exact) mass is 224 g/mol. The number of carbonyl (C=O) groups is 2. The molecule has 0 unspecified atom stereocenters. The maximum absolute atomic E-state index is 10.1. The van der Waals surface area contributed by atoms with Crippen molar-refractivity contribution in [1.82, 2.24) is 0 Å². The number of aldehydes is 1. The molecule has 0 bridgehead atoms. The molecule has 0 amide bonds. The first-order chi connectivity index (χ1) is 6.58. The minimum absolute atomic E-state index is 0. The van der Waals surface area contributed by atoms with E-state index in [1.165, 1.54) is 6.08 Å². The van der Waals surface area contributed by atoms with Gasteiger partial charge in [-0.1, -0.05) is 12.2 Å². The van der Waals surface area contributed by atoms with Crippen molar-refractivity contribution in [3.05, 3.63) is 24.3 Å². The molecule has 0 heterocycles. The average molecular weight is 224 g/mol. The van der Waals surface area contributed by atoms with E-state index in [0.717, 1.165) is 17.9 Å². The van der Waals surface area contributed by atoms with E-state index < -0.39 is 5.97 Å². The molecular weight excluding hydrogens is 207 g/mol. The molecule has 1 N–H and O–H groups in total. The number of ether oxygens (including phenoxy) is 1. The number of esters is 1. The van der Waals surface area contributed by atoms with Gasteiger partial charge >= 0.3 is 35.5 Å². The van der Waals surface area contributed by atoms with E-state index >= 15 is 0 Å². The predicted molar refractivity (Wildman–Crippen MR) is 60.9 cm³/mol. The van der Waals surface area contributed by atoms with Crippen molar-refractivity contribution in [3.8, 4) is 0 Å². The van der Waals surface area contributed by atoms with E-state index in [1.54, 1.807) is 0 Å². The Kier molecular flexibility index (Phi) is 21.4. The van der Waals surface area contributed by atoms with Gasteiger partial charge < -0.3 is 9.84 Å². The van der Waals surface area contributed by atoms with Crippen molar-refractivity contribution < 1.29 is 19.4 Å². The Bertz CT molecular complexity index is 207. The molecule has 0 aliphatic rings. The molecule has 0 aliphatic carbocycles. The minimum atomic E-state index is -0.501. The second-order valence-electron chi connectivity index (χ2n) is 2.48. The molecule has 82 valence electrons. The van der Waals surface area contributed by atoms with Crippen molar-refractivity contribution >= 4 is 41.8 Å². The van der Waals surface area contributed by atoms with Crippen molar-refractivity contribution in [2.45, 2.75) is 13.8 Å². The number of rotatable bonds is 4. The number of allylic oxidation sites excluding steroid dienone is 2. The summed E-state index contributed by atoms with van der Waals surface area (Å²) in [5.41, 5.74) is 1.05. The maximum atomic E-state index is 10.1. The Morgan fingerprint density at radius 3 is 2.20 bits per heavy atom. The van der Waals surface area contributed by atoms with E-state index in [0.29, 0.717) is 0 Å². The Morgan fingerprint density at radius 2 is 2.00 bits per heavy atom. The van der Waals surface area contributed by atoms with Crippen LogP contribution in [0.5, 0.6) is 0 Å². The van der Waals surface area contributed by atoms with Gasteiger partial charge in [0.25, 0.3) is 0 Å². The average Bonchev–Trinajstić information content (AvgIpc) is 2.15. The van der Waals surface area contributed by atoms with Gasteiger partial charge in [0, 0.05) is 6.08 Å². The Labute approximate surface area is 112 Å². The van der Waals surface area contributed by atoms with E-state index in [4.69, 9.17) is 5.11 Å². The molecule has 15 heavy (non-hydrogen) atoms. The number of aliphatic hydroxyl groups is 1. The van der Waals surface area contributed by atoms with E-state index in [1.807, 2.05) is 13.8 Å². The molecule has 0 fully saturated rings. The van der Waals surface area contributed by atoms with Crippen LogP contribution < -0.4 is 0 Å². The van der Waals surface area contributed by atoms with Crippen molar-refractivity contribution in [2.24, 2.45) is 0 Å². The first kappa shape index (κ1) is 20.1. The summed E-state index contributed by atoms with van der Waals surface area (Å²) in [6.07, 6.45) is 3.37. The third-order valence-corrected chi connectivity index (χ3v) is 0.904. The Balaban J connectivity index is -0.000000187. The zero-order valence-electron chi connectivity index (χ0n) is 8.53. The first-order valence-corrected chi connectivity index (χ1v) is 4.07. The molecule has 0 rings (SSSR count). The van der Waals surface area contributed by atoms with Crippen LogP contribution in [0.2, 0.25) is 0 Å². The zero-order valence-corrected chi connectivity index (χ0v) is 8.53. The summed E-state index contributed by atoms with van der Waals surface area (Å²) in [6.45, 7) is 6.83.